The van der Waals surface area contributed by atoms with Gasteiger partial charge in [0.25, 0.3) is 0 Å². The molecule has 212 valence electrons. The Morgan fingerprint density at radius 3 is 1.88 bits per heavy atom. The first kappa shape index (κ1) is 28.2. The first-order chi connectivity index (χ1) is 18.9. The molecular weight excluding hydrogens is 534 g/mol. The SMILES string of the molecule is NC(=O)[C@@H]1CN2CC[C@H]1[C@H](OCc1cc(C(F)(F)F)cc(C(F)(F)F)c1)[C@@H]2C(c1ccccc1)c1ccccc1. The van der Waals surface area contributed by atoms with Crippen LogP contribution in [0.1, 0.15) is 40.2 Å². The lowest BCUT2D eigenvalue weighted by Crippen LogP contribution is -2.66. The van der Waals surface area contributed by atoms with Crippen molar-refractivity contribution in [3.05, 3.63) is 107 Å². The van der Waals surface area contributed by atoms with Crippen molar-refractivity contribution in [1.82, 2.24) is 4.90 Å². The van der Waals surface area contributed by atoms with Gasteiger partial charge in [0, 0.05) is 24.4 Å². The van der Waals surface area contributed by atoms with Crippen molar-refractivity contribution >= 4 is 5.91 Å². The molecule has 3 aromatic rings. The van der Waals surface area contributed by atoms with E-state index in [1.165, 1.54) is 0 Å². The number of nitrogens with two attached hydrogens (primary N) is 1. The number of nitrogens with zero attached hydrogens (tertiary/aromatic N) is 1. The summed E-state index contributed by atoms with van der Waals surface area (Å²) >= 11 is 0. The summed E-state index contributed by atoms with van der Waals surface area (Å²) in [4.78, 5) is 14.5. The maximum absolute atomic E-state index is 13.5. The van der Waals surface area contributed by atoms with Crippen LogP contribution in [-0.2, 0) is 28.5 Å². The predicted molar refractivity (Wildman–Crippen MR) is 136 cm³/mol. The maximum Gasteiger partial charge on any atom is 0.416 e. The van der Waals surface area contributed by atoms with Gasteiger partial charge in [-0.3, -0.25) is 9.69 Å². The van der Waals surface area contributed by atoms with Crippen molar-refractivity contribution in [2.24, 2.45) is 17.6 Å². The standard InChI is InChI=1S/C30H28F6N2O2/c31-29(32,33)21-13-18(14-22(15-21)30(34,35)36)17-40-27-23-11-12-38(16-24(23)28(37)39)26(27)25(19-7-3-1-4-8-19)20-9-5-2-6-10-20/h1-10,13-15,23-27H,11-12,16-17H2,(H2,37,39)/t23-,24-,26+,27+/m1/s1. The van der Waals surface area contributed by atoms with E-state index < -0.39 is 48.0 Å². The molecule has 2 bridgehead atoms. The lowest BCUT2D eigenvalue weighted by molar-refractivity contribution is -0.158. The highest BCUT2D eigenvalue weighted by Gasteiger charge is 2.53. The van der Waals surface area contributed by atoms with Crippen molar-refractivity contribution in [3.63, 3.8) is 0 Å². The number of benzene rings is 3. The number of primary amides is 1. The third-order valence-electron chi connectivity index (χ3n) is 7.99. The lowest BCUT2D eigenvalue weighted by Gasteiger charge is -2.55. The smallest absolute Gasteiger partial charge is 0.372 e. The van der Waals surface area contributed by atoms with Crippen molar-refractivity contribution in [2.45, 2.75) is 43.4 Å². The van der Waals surface area contributed by atoms with Crippen LogP contribution in [0.15, 0.2) is 78.9 Å². The average molecular weight is 563 g/mol. The predicted octanol–water partition coefficient (Wildman–Crippen LogP) is 6.25. The first-order valence-corrected chi connectivity index (χ1v) is 13.0. The van der Waals surface area contributed by atoms with Gasteiger partial charge in [-0.2, -0.15) is 26.3 Å². The van der Waals surface area contributed by atoms with E-state index in [-0.39, 0.29) is 29.5 Å². The largest absolute Gasteiger partial charge is 0.416 e. The molecule has 3 aliphatic rings. The van der Waals surface area contributed by atoms with E-state index in [1.807, 2.05) is 60.7 Å². The summed E-state index contributed by atoms with van der Waals surface area (Å²) in [5.41, 5.74) is 4.65. The number of hydrogen-bond acceptors (Lipinski definition) is 3. The molecule has 1 unspecified atom stereocenters. The van der Waals surface area contributed by atoms with Crippen molar-refractivity contribution in [2.75, 3.05) is 13.1 Å². The molecule has 0 aliphatic carbocycles. The summed E-state index contributed by atoms with van der Waals surface area (Å²) in [5, 5.41) is 0. The molecule has 0 radical (unpaired) electrons. The number of hydrogen-bond donors (Lipinski definition) is 1. The Balaban J connectivity index is 1.55. The minimum Gasteiger partial charge on any atom is -0.372 e. The van der Waals surface area contributed by atoms with Gasteiger partial charge in [-0.25, -0.2) is 0 Å². The van der Waals surface area contributed by atoms with Crippen molar-refractivity contribution in [3.8, 4) is 0 Å². The average Bonchev–Trinajstić information content (AvgIpc) is 2.93. The Bertz CT molecular complexity index is 1260. The number of carbonyl (C=O) groups excluding carboxylic acids is 1. The first-order valence-electron chi connectivity index (χ1n) is 13.0. The molecule has 0 aromatic heterocycles. The Kier molecular flexibility index (Phi) is 7.67. The number of ether oxygens (including phenoxy) is 1. The van der Waals surface area contributed by atoms with E-state index in [0.29, 0.717) is 31.6 Å². The van der Waals surface area contributed by atoms with E-state index >= 15 is 0 Å². The zero-order valence-corrected chi connectivity index (χ0v) is 21.3. The third kappa shape index (κ3) is 5.74. The van der Waals surface area contributed by atoms with E-state index in [4.69, 9.17) is 10.5 Å². The molecule has 6 rings (SSSR count). The van der Waals surface area contributed by atoms with E-state index in [9.17, 15) is 31.1 Å². The van der Waals surface area contributed by atoms with Gasteiger partial charge in [0.05, 0.1) is 29.8 Å². The molecule has 3 aliphatic heterocycles. The Morgan fingerprint density at radius 2 is 1.40 bits per heavy atom. The highest BCUT2D eigenvalue weighted by molar-refractivity contribution is 5.77. The van der Waals surface area contributed by atoms with Crippen LogP contribution in [-0.4, -0.2) is 36.0 Å². The number of carbonyl (C=O) groups is 1. The van der Waals surface area contributed by atoms with Crippen LogP contribution in [0.2, 0.25) is 0 Å². The molecule has 3 fully saturated rings. The molecule has 1 amide bonds. The number of piperidine rings is 3. The zero-order chi connectivity index (χ0) is 28.7. The molecule has 10 heteroatoms. The molecule has 3 saturated heterocycles. The zero-order valence-electron chi connectivity index (χ0n) is 21.3. The van der Waals surface area contributed by atoms with Crippen LogP contribution in [0.25, 0.3) is 0 Å². The van der Waals surface area contributed by atoms with Gasteiger partial charge in [0.15, 0.2) is 0 Å². The van der Waals surface area contributed by atoms with Gasteiger partial charge in [-0.15, -0.1) is 0 Å². The number of rotatable bonds is 7. The second-order valence-electron chi connectivity index (χ2n) is 10.4. The van der Waals surface area contributed by atoms with Crippen molar-refractivity contribution in [1.29, 1.82) is 0 Å². The summed E-state index contributed by atoms with van der Waals surface area (Å²) in [6, 6.07) is 20.5. The minimum absolute atomic E-state index is 0.102. The quantitative estimate of drug-likeness (QED) is 0.347. The minimum atomic E-state index is -4.96. The van der Waals surface area contributed by atoms with Gasteiger partial charge in [0.1, 0.15) is 0 Å². The molecule has 4 nitrogen and oxygen atoms in total. The molecule has 5 atom stereocenters. The molecule has 0 saturated carbocycles. The normalized spacial score (nSPS) is 24.8. The Labute approximate surface area is 227 Å². The molecule has 40 heavy (non-hydrogen) atoms. The molecule has 0 spiro atoms. The fraction of sp³-hybridized carbons (Fsp3) is 0.367. The summed E-state index contributed by atoms with van der Waals surface area (Å²) < 4.78 is 87.1. The van der Waals surface area contributed by atoms with Gasteiger partial charge in [0.2, 0.25) is 5.91 Å². The lowest BCUT2D eigenvalue weighted by atomic mass is 9.67. The molecule has 3 heterocycles. The monoisotopic (exact) mass is 562 g/mol. The van der Waals surface area contributed by atoms with Crippen LogP contribution in [0.5, 0.6) is 0 Å². The molecule has 3 aromatic carbocycles. The molecular formula is C30H28F6N2O2. The van der Waals surface area contributed by atoms with E-state index in [2.05, 4.69) is 4.90 Å². The number of alkyl halides is 6. The second kappa shape index (κ2) is 10.9. The van der Waals surface area contributed by atoms with Crippen LogP contribution in [0, 0.1) is 11.8 Å². The fourth-order valence-electron chi connectivity index (χ4n) is 6.25. The highest BCUT2D eigenvalue weighted by atomic mass is 19.4. The number of amides is 1. The van der Waals surface area contributed by atoms with Gasteiger partial charge in [-0.1, -0.05) is 60.7 Å². The van der Waals surface area contributed by atoms with Crippen LogP contribution >= 0.6 is 0 Å². The van der Waals surface area contributed by atoms with Crippen LogP contribution < -0.4 is 5.73 Å². The summed E-state index contributed by atoms with van der Waals surface area (Å²) in [6.45, 7) is 0.583. The Hall–Kier alpha value is -3.37. The van der Waals surface area contributed by atoms with Crippen LogP contribution in [0.3, 0.4) is 0 Å². The Morgan fingerprint density at radius 1 is 0.875 bits per heavy atom. The summed E-state index contributed by atoms with van der Waals surface area (Å²) in [5.74, 6) is -1.61. The van der Waals surface area contributed by atoms with E-state index in [0.717, 1.165) is 11.1 Å². The highest BCUT2D eigenvalue weighted by Crippen LogP contribution is 2.46. The summed E-state index contributed by atoms with van der Waals surface area (Å²) in [6.07, 6.45) is -10.0. The maximum atomic E-state index is 13.5. The van der Waals surface area contributed by atoms with Gasteiger partial charge in [-0.05, 0) is 47.9 Å². The second-order valence-corrected chi connectivity index (χ2v) is 10.4. The van der Waals surface area contributed by atoms with Crippen molar-refractivity contribution < 1.29 is 35.9 Å². The topological polar surface area (TPSA) is 55.6 Å². The number of halogens is 6. The number of fused-ring (bicyclic) bond motifs is 3. The van der Waals surface area contributed by atoms with Crippen LogP contribution in [0.4, 0.5) is 26.3 Å². The fourth-order valence-corrected chi connectivity index (χ4v) is 6.25. The van der Waals surface area contributed by atoms with E-state index in [1.54, 1.807) is 0 Å². The molecule has 2 N–H and O–H groups in total. The summed E-state index contributed by atoms with van der Waals surface area (Å²) in [7, 11) is 0. The third-order valence-corrected chi connectivity index (χ3v) is 7.99. The van der Waals surface area contributed by atoms with Gasteiger partial charge >= 0.3 is 12.4 Å². The van der Waals surface area contributed by atoms with Gasteiger partial charge < -0.3 is 10.5 Å².